The van der Waals surface area contributed by atoms with Crippen LogP contribution in [0.5, 0.6) is 11.5 Å². The number of hydrogen-bond donors (Lipinski definition) is 1. The van der Waals surface area contributed by atoms with E-state index in [2.05, 4.69) is 5.32 Å². The summed E-state index contributed by atoms with van der Waals surface area (Å²) in [5.41, 5.74) is -0.0974. The van der Waals surface area contributed by atoms with Gasteiger partial charge in [-0.2, -0.15) is 18.4 Å². The van der Waals surface area contributed by atoms with E-state index in [4.69, 9.17) is 16.3 Å². The Hall–Kier alpha value is -4.36. The minimum Gasteiger partial charge on any atom is -0.449 e. The Morgan fingerprint density at radius 3 is 2.42 bits per heavy atom. The number of alkyl halides is 3. The van der Waals surface area contributed by atoms with Crippen molar-refractivity contribution in [2.75, 3.05) is 5.32 Å². The number of rotatable bonds is 6. The quantitative estimate of drug-likeness (QED) is 0.161. The molecular weight excluding hydrogens is 499 g/mol. The summed E-state index contributed by atoms with van der Waals surface area (Å²) in [5, 5.41) is 23.8. The third kappa shape index (κ3) is 6.20. The molecule has 0 spiro atoms. The average Bonchev–Trinajstić information content (AvgIpc) is 2.80. The molecule has 11 heteroatoms. The van der Waals surface area contributed by atoms with Gasteiger partial charge in [0.25, 0.3) is 5.91 Å². The molecule has 0 fully saturated rings. The first-order chi connectivity index (χ1) is 16.9. The van der Waals surface area contributed by atoms with Crippen molar-refractivity contribution < 1.29 is 27.6 Å². The number of carbonyl (C=O) groups excluding carboxylic acids is 1. The van der Waals surface area contributed by atoms with Crippen molar-refractivity contribution in [3.05, 3.63) is 97.6 Å². The molecule has 36 heavy (non-hydrogen) atoms. The Balaban J connectivity index is 1.99. The van der Waals surface area contributed by atoms with Gasteiger partial charge >= 0.3 is 11.9 Å². The Morgan fingerprint density at radius 1 is 1.11 bits per heavy atom. The van der Waals surface area contributed by atoms with Crippen LogP contribution in [0.25, 0.3) is 6.08 Å². The first-order valence-electron chi connectivity index (χ1n) is 10.2. The summed E-state index contributed by atoms with van der Waals surface area (Å²) in [4.78, 5) is 23.1. The molecule has 0 unspecified atom stereocenters. The highest BCUT2D eigenvalue weighted by molar-refractivity contribution is 6.30. The van der Waals surface area contributed by atoms with Gasteiger partial charge in [-0.15, -0.1) is 0 Å². The normalized spacial score (nSPS) is 11.5. The molecule has 1 N–H and O–H groups in total. The Labute approximate surface area is 208 Å². The number of nitriles is 1. The van der Waals surface area contributed by atoms with Crippen molar-refractivity contribution in [3.8, 4) is 17.6 Å². The molecule has 0 aromatic heterocycles. The van der Waals surface area contributed by atoms with Crippen molar-refractivity contribution in [3.63, 3.8) is 0 Å². The number of hydrogen-bond acceptors (Lipinski definition) is 5. The predicted molar refractivity (Wildman–Crippen MR) is 128 cm³/mol. The van der Waals surface area contributed by atoms with E-state index < -0.39 is 34.0 Å². The van der Waals surface area contributed by atoms with Gasteiger partial charge < -0.3 is 10.1 Å². The second-order valence-electron chi connectivity index (χ2n) is 7.66. The first kappa shape index (κ1) is 26.2. The highest BCUT2D eigenvalue weighted by Crippen LogP contribution is 2.39. The van der Waals surface area contributed by atoms with Gasteiger partial charge in [-0.05, 0) is 61.9 Å². The van der Waals surface area contributed by atoms with E-state index in [1.165, 1.54) is 18.2 Å². The molecule has 3 aromatic rings. The minimum atomic E-state index is -4.79. The Bertz CT molecular complexity index is 1430. The summed E-state index contributed by atoms with van der Waals surface area (Å²) in [5.74, 6) is -1.27. The lowest BCUT2D eigenvalue weighted by atomic mass is 10.1. The van der Waals surface area contributed by atoms with Crippen molar-refractivity contribution in [1.82, 2.24) is 0 Å². The number of carbonyl (C=O) groups is 1. The predicted octanol–water partition coefficient (Wildman–Crippen LogP) is 7.22. The summed E-state index contributed by atoms with van der Waals surface area (Å²) >= 11 is 6.04. The monoisotopic (exact) mass is 515 g/mol. The lowest BCUT2D eigenvalue weighted by molar-refractivity contribution is -0.385. The van der Waals surface area contributed by atoms with Gasteiger partial charge in [0.05, 0.1) is 10.5 Å². The molecule has 0 atom stereocenters. The molecule has 0 aliphatic carbocycles. The van der Waals surface area contributed by atoms with Gasteiger partial charge in [0.1, 0.15) is 17.4 Å². The molecule has 0 aliphatic rings. The topological polar surface area (TPSA) is 105 Å². The molecule has 1 amide bonds. The number of nitrogens with one attached hydrogen (secondary N) is 1. The maximum absolute atomic E-state index is 13.0. The maximum atomic E-state index is 13.0. The lowest BCUT2D eigenvalue weighted by Gasteiger charge is -2.12. The van der Waals surface area contributed by atoms with Crippen molar-refractivity contribution >= 4 is 35.0 Å². The van der Waals surface area contributed by atoms with Gasteiger partial charge in [0.15, 0.2) is 0 Å². The van der Waals surface area contributed by atoms with Crippen molar-refractivity contribution in [2.45, 2.75) is 20.0 Å². The van der Waals surface area contributed by atoms with Crippen LogP contribution in [0, 0.1) is 35.3 Å². The number of nitrogens with zero attached hydrogens (tertiary/aromatic N) is 2. The van der Waals surface area contributed by atoms with E-state index in [1.54, 1.807) is 25.1 Å². The molecule has 0 heterocycles. The molecule has 7 nitrogen and oxygen atoms in total. The lowest BCUT2D eigenvalue weighted by Crippen LogP contribution is -2.14. The molecule has 0 radical (unpaired) electrons. The number of aryl methyl sites for hydroxylation is 2. The molecule has 184 valence electrons. The van der Waals surface area contributed by atoms with E-state index in [1.807, 2.05) is 13.0 Å². The van der Waals surface area contributed by atoms with Gasteiger partial charge in [0, 0.05) is 22.3 Å². The summed E-state index contributed by atoms with van der Waals surface area (Å²) in [6.45, 7) is 3.68. The van der Waals surface area contributed by atoms with E-state index in [0.717, 1.165) is 23.3 Å². The molecule has 3 aromatic carbocycles. The Morgan fingerprint density at radius 2 is 1.81 bits per heavy atom. The van der Waals surface area contributed by atoms with E-state index in [0.29, 0.717) is 17.8 Å². The second kappa shape index (κ2) is 10.5. The van der Waals surface area contributed by atoms with Crippen LogP contribution < -0.4 is 10.1 Å². The third-order valence-corrected chi connectivity index (χ3v) is 5.20. The van der Waals surface area contributed by atoms with E-state index in [-0.39, 0.29) is 21.9 Å². The third-order valence-electron chi connectivity index (χ3n) is 4.97. The fourth-order valence-electron chi connectivity index (χ4n) is 3.21. The number of benzene rings is 3. The second-order valence-corrected chi connectivity index (χ2v) is 8.10. The molecule has 3 rings (SSSR count). The fraction of sp³-hybridized carbons (Fsp3) is 0.120. The molecule has 0 aliphatic heterocycles. The molecular formula is C25H17ClF3N3O4. The average molecular weight is 516 g/mol. The molecule has 0 bridgehead atoms. The van der Waals surface area contributed by atoms with Crippen LogP contribution in [0.15, 0.2) is 60.2 Å². The fourth-order valence-corrected chi connectivity index (χ4v) is 3.39. The molecule has 0 saturated heterocycles. The van der Waals surface area contributed by atoms with Gasteiger partial charge in [-0.25, -0.2) is 0 Å². The largest absolute Gasteiger partial charge is 0.449 e. The van der Waals surface area contributed by atoms with Crippen molar-refractivity contribution in [1.29, 1.82) is 5.26 Å². The van der Waals surface area contributed by atoms with Gasteiger partial charge in [-0.3, -0.25) is 14.9 Å². The number of amides is 1. The summed E-state index contributed by atoms with van der Waals surface area (Å²) in [7, 11) is 0. The minimum absolute atomic E-state index is 0.0747. The van der Waals surface area contributed by atoms with Crippen LogP contribution in [0.4, 0.5) is 24.5 Å². The van der Waals surface area contributed by atoms with Crippen LogP contribution in [0.1, 0.15) is 22.3 Å². The maximum Gasteiger partial charge on any atom is 0.416 e. The number of nitro groups is 1. The highest BCUT2D eigenvalue weighted by atomic mass is 35.5. The van der Waals surface area contributed by atoms with Crippen LogP contribution in [0.3, 0.4) is 0 Å². The van der Waals surface area contributed by atoms with Crippen LogP contribution in [-0.2, 0) is 11.0 Å². The number of halogens is 4. The highest BCUT2D eigenvalue weighted by Gasteiger charge is 2.33. The SMILES string of the molecule is Cc1ccc(NC(=O)/C(C#N)=C/c2cc(Cl)ccc2Oc2ccc(C(F)(F)F)cc2[N+](=O)[O-])c(C)c1. The van der Waals surface area contributed by atoms with Gasteiger partial charge in [-0.1, -0.05) is 29.3 Å². The van der Waals surface area contributed by atoms with E-state index in [9.17, 15) is 33.3 Å². The van der Waals surface area contributed by atoms with E-state index >= 15 is 0 Å². The summed E-state index contributed by atoms with van der Waals surface area (Å²) < 4.78 is 44.6. The zero-order valence-electron chi connectivity index (χ0n) is 18.8. The smallest absolute Gasteiger partial charge is 0.416 e. The zero-order valence-corrected chi connectivity index (χ0v) is 19.6. The van der Waals surface area contributed by atoms with Crippen LogP contribution in [-0.4, -0.2) is 10.8 Å². The number of anilines is 1. The molecule has 0 saturated carbocycles. The Kier molecular flexibility index (Phi) is 7.65. The number of nitro benzene ring substituents is 1. The van der Waals surface area contributed by atoms with Crippen molar-refractivity contribution in [2.24, 2.45) is 0 Å². The summed E-state index contributed by atoms with van der Waals surface area (Å²) in [6, 6.07) is 13.0. The number of ether oxygens (including phenoxy) is 1. The van der Waals surface area contributed by atoms with Crippen LogP contribution >= 0.6 is 11.6 Å². The van der Waals surface area contributed by atoms with Gasteiger partial charge in [0.2, 0.25) is 5.75 Å². The first-order valence-corrected chi connectivity index (χ1v) is 10.6. The van der Waals surface area contributed by atoms with Crippen LogP contribution in [0.2, 0.25) is 5.02 Å². The summed E-state index contributed by atoms with van der Waals surface area (Å²) in [6.07, 6.45) is -3.63. The zero-order chi connectivity index (χ0) is 26.6. The standard InChI is InChI=1S/C25H17ClF3N3O4/c1-14-3-6-20(15(2)9-14)31-24(33)17(13-30)10-16-11-19(26)5-8-22(16)36-23-7-4-18(25(27,28)29)12-21(23)32(34)35/h3-12H,1-2H3,(H,31,33)/b17-10+.